The van der Waals surface area contributed by atoms with Gasteiger partial charge in [0.25, 0.3) is 5.91 Å². The number of piperidine rings is 1. The van der Waals surface area contributed by atoms with Gasteiger partial charge in [0.15, 0.2) is 11.0 Å². The van der Waals surface area contributed by atoms with Crippen LogP contribution >= 0.6 is 11.3 Å². The second-order valence-electron chi connectivity index (χ2n) is 5.19. The molecule has 3 rings (SSSR count). The number of carbonyl (C=O) groups excluding carboxylic acids is 1. The lowest BCUT2D eigenvalue weighted by Gasteiger charge is -2.20. The number of oxazole rings is 1. The van der Waals surface area contributed by atoms with E-state index in [9.17, 15) is 4.79 Å². The molecule has 21 heavy (non-hydrogen) atoms. The number of anilines is 1. The summed E-state index contributed by atoms with van der Waals surface area (Å²) in [4.78, 5) is 21.8. The van der Waals surface area contributed by atoms with Gasteiger partial charge in [0.1, 0.15) is 0 Å². The molecule has 1 aliphatic heterocycles. The molecule has 2 aromatic rings. The predicted molar refractivity (Wildman–Crippen MR) is 80.9 cm³/mol. The first-order chi connectivity index (χ1) is 10.1. The Labute approximate surface area is 127 Å². The number of aryl methyl sites for hydroxylation is 2. The molecule has 3 heterocycles. The summed E-state index contributed by atoms with van der Waals surface area (Å²) < 4.78 is 5.32. The van der Waals surface area contributed by atoms with Crippen LogP contribution in [0.1, 0.15) is 45.8 Å². The third-order valence-electron chi connectivity index (χ3n) is 3.60. The topological polar surface area (TPSA) is 80.0 Å². The molecule has 1 saturated heterocycles. The number of nitrogens with zero attached hydrogens (tertiary/aromatic N) is 2. The summed E-state index contributed by atoms with van der Waals surface area (Å²) in [6.07, 6.45) is 4.11. The average molecular weight is 306 g/mol. The summed E-state index contributed by atoms with van der Waals surface area (Å²) in [5.41, 5.74) is 0.597. The van der Waals surface area contributed by atoms with Gasteiger partial charge in [-0.3, -0.25) is 10.1 Å². The minimum absolute atomic E-state index is 0.256. The van der Waals surface area contributed by atoms with E-state index >= 15 is 0 Å². The van der Waals surface area contributed by atoms with E-state index in [1.54, 1.807) is 25.2 Å². The van der Waals surface area contributed by atoms with Crippen LogP contribution in [-0.4, -0.2) is 29.0 Å². The average Bonchev–Trinajstić information content (AvgIpc) is 3.06. The second-order valence-corrected chi connectivity index (χ2v) is 6.26. The van der Waals surface area contributed by atoms with Gasteiger partial charge in [-0.1, -0.05) is 0 Å². The van der Waals surface area contributed by atoms with Crippen molar-refractivity contribution in [2.45, 2.75) is 32.6 Å². The molecule has 1 aliphatic rings. The Morgan fingerprint density at radius 2 is 2.19 bits per heavy atom. The van der Waals surface area contributed by atoms with Gasteiger partial charge in [0, 0.05) is 18.0 Å². The maximum atomic E-state index is 12.1. The fourth-order valence-electron chi connectivity index (χ4n) is 2.54. The van der Waals surface area contributed by atoms with E-state index in [1.807, 2.05) is 6.20 Å². The number of nitrogens with one attached hydrogen (secondary N) is 2. The first kappa shape index (κ1) is 14.2. The number of thiazole rings is 1. The van der Waals surface area contributed by atoms with E-state index in [4.69, 9.17) is 4.42 Å². The molecule has 0 aromatic carbocycles. The fourth-order valence-corrected chi connectivity index (χ4v) is 3.52. The lowest BCUT2D eigenvalue weighted by Crippen LogP contribution is -2.26. The number of hydrogen-bond donors (Lipinski definition) is 2. The number of amides is 1. The summed E-state index contributed by atoms with van der Waals surface area (Å²) in [5, 5.41) is 6.75. The zero-order valence-corrected chi connectivity index (χ0v) is 12.9. The van der Waals surface area contributed by atoms with Crippen LogP contribution < -0.4 is 10.6 Å². The van der Waals surface area contributed by atoms with Gasteiger partial charge in [-0.25, -0.2) is 9.97 Å². The molecule has 0 aliphatic carbocycles. The Morgan fingerprint density at radius 3 is 2.86 bits per heavy atom. The van der Waals surface area contributed by atoms with Crippen molar-refractivity contribution in [2.24, 2.45) is 0 Å². The number of aromatic nitrogens is 2. The molecule has 112 valence electrons. The van der Waals surface area contributed by atoms with Gasteiger partial charge in [-0.15, -0.1) is 11.3 Å². The summed E-state index contributed by atoms with van der Waals surface area (Å²) in [6.45, 7) is 5.57. The SMILES string of the molecule is Cc1nc(C)c(C(=O)Nc2ncc(C3CCNCC3)s2)o1. The number of hydrogen-bond acceptors (Lipinski definition) is 6. The van der Waals surface area contributed by atoms with Crippen LogP contribution in [0.3, 0.4) is 0 Å². The molecule has 0 radical (unpaired) electrons. The first-order valence-corrected chi connectivity index (χ1v) is 7.87. The Balaban J connectivity index is 1.69. The molecule has 0 atom stereocenters. The minimum Gasteiger partial charge on any atom is -0.436 e. The number of carbonyl (C=O) groups is 1. The van der Waals surface area contributed by atoms with E-state index in [-0.39, 0.29) is 11.7 Å². The third kappa shape index (κ3) is 3.14. The van der Waals surface area contributed by atoms with Gasteiger partial charge >= 0.3 is 0 Å². The molecule has 2 aromatic heterocycles. The largest absolute Gasteiger partial charge is 0.436 e. The van der Waals surface area contributed by atoms with Crippen LogP contribution in [0, 0.1) is 13.8 Å². The monoisotopic (exact) mass is 306 g/mol. The molecule has 0 unspecified atom stereocenters. The van der Waals surface area contributed by atoms with Crippen molar-refractivity contribution in [1.82, 2.24) is 15.3 Å². The van der Waals surface area contributed by atoms with Gasteiger partial charge in [-0.2, -0.15) is 0 Å². The molecular weight excluding hydrogens is 288 g/mol. The molecule has 7 heteroatoms. The van der Waals surface area contributed by atoms with Gasteiger partial charge in [0.2, 0.25) is 5.76 Å². The van der Waals surface area contributed by atoms with E-state index < -0.39 is 0 Å². The van der Waals surface area contributed by atoms with Crippen molar-refractivity contribution in [1.29, 1.82) is 0 Å². The molecular formula is C14H18N4O2S. The van der Waals surface area contributed by atoms with Crippen molar-refractivity contribution in [3.63, 3.8) is 0 Å². The first-order valence-electron chi connectivity index (χ1n) is 7.05. The van der Waals surface area contributed by atoms with Gasteiger partial charge in [0.05, 0.1) is 5.69 Å². The van der Waals surface area contributed by atoms with Crippen LogP contribution in [0.2, 0.25) is 0 Å². The molecule has 0 spiro atoms. The zero-order chi connectivity index (χ0) is 14.8. The third-order valence-corrected chi connectivity index (χ3v) is 4.67. The Bertz CT molecular complexity index is 643. The molecule has 0 saturated carbocycles. The van der Waals surface area contributed by atoms with Gasteiger partial charge < -0.3 is 9.73 Å². The molecule has 1 fully saturated rings. The lowest BCUT2D eigenvalue weighted by atomic mass is 9.97. The van der Waals surface area contributed by atoms with Crippen molar-refractivity contribution in [3.8, 4) is 0 Å². The highest BCUT2D eigenvalue weighted by Crippen LogP contribution is 2.31. The lowest BCUT2D eigenvalue weighted by molar-refractivity contribution is 0.0994. The van der Waals surface area contributed by atoms with E-state index in [0.717, 1.165) is 25.9 Å². The quantitative estimate of drug-likeness (QED) is 0.910. The van der Waals surface area contributed by atoms with Crippen molar-refractivity contribution < 1.29 is 9.21 Å². The van der Waals surface area contributed by atoms with E-state index in [0.29, 0.717) is 22.6 Å². The van der Waals surface area contributed by atoms with Crippen molar-refractivity contribution >= 4 is 22.4 Å². The van der Waals surface area contributed by atoms with E-state index in [2.05, 4.69) is 20.6 Å². The van der Waals surface area contributed by atoms with Crippen LogP contribution in [0.25, 0.3) is 0 Å². The standard InChI is InChI=1S/C14H18N4O2S/c1-8-12(20-9(2)17-8)13(19)18-14-16-7-11(21-14)10-3-5-15-6-4-10/h7,10,15H,3-6H2,1-2H3,(H,16,18,19). The summed E-state index contributed by atoms with van der Waals surface area (Å²) >= 11 is 1.54. The van der Waals surface area contributed by atoms with Crippen molar-refractivity contribution in [3.05, 3.63) is 28.4 Å². The van der Waals surface area contributed by atoms with Gasteiger partial charge in [-0.05, 0) is 38.8 Å². The molecule has 0 bridgehead atoms. The van der Waals surface area contributed by atoms with Crippen LogP contribution in [-0.2, 0) is 0 Å². The normalized spacial score (nSPS) is 16.1. The predicted octanol–water partition coefficient (Wildman–Crippen LogP) is 2.47. The minimum atomic E-state index is -0.292. The Hall–Kier alpha value is -1.73. The fraction of sp³-hybridized carbons (Fsp3) is 0.500. The second kappa shape index (κ2) is 5.95. The Kier molecular flexibility index (Phi) is 4.03. The summed E-state index contributed by atoms with van der Waals surface area (Å²) in [7, 11) is 0. The van der Waals surface area contributed by atoms with Crippen LogP contribution in [0.4, 0.5) is 5.13 Å². The van der Waals surface area contributed by atoms with Crippen LogP contribution in [0.15, 0.2) is 10.6 Å². The van der Waals surface area contributed by atoms with Crippen molar-refractivity contribution in [2.75, 3.05) is 18.4 Å². The highest BCUT2D eigenvalue weighted by atomic mass is 32.1. The maximum Gasteiger partial charge on any atom is 0.295 e. The maximum absolute atomic E-state index is 12.1. The summed E-state index contributed by atoms with van der Waals surface area (Å²) in [5.74, 6) is 1.00. The molecule has 1 amide bonds. The van der Waals surface area contributed by atoms with E-state index in [1.165, 1.54) is 4.88 Å². The number of rotatable bonds is 3. The Morgan fingerprint density at radius 1 is 1.43 bits per heavy atom. The highest BCUT2D eigenvalue weighted by molar-refractivity contribution is 7.15. The highest BCUT2D eigenvalue weighted by Gasteiger charge is 2.20. The van der Waals surface area contributed by atoms with Crippen LogP contribution in [0.5, 0.6) is 0 Å². The summed E-state index contributed by atoms with van der Waals surface area (Å²) in [6, 6.07) is 0. The molecule has 2 N–H and O–H groups in total. The smallest absolute Gasteiger partial charge is 0.295 e. The molecule has 6 nitrogen and oxygen atoms in total. The zero-order valence-electron chi connectivity index (χ0n) is 12.1.